The summed E-state index contributed by atoms with van der Waals surface area (Å²) in [6, 6.07) is -1.40. The highest BCUT2D eigenvalue weighted by atomic mass is 16.2. The Morgan fingerprint density at radius 3 is 1.33 bits per heavy atom. The van der Waals surface area contributed by atoms with Crippen molar-refractivity contribution in [3.63, 3.8) is 0 Å². The molecule has 0 aliphatic heterocycles. The maximum atomic E-state index is 13.5. The van der Waals surface area contributed by atoms with Crippen LogP contribution in [0.3, 0.4) is 0 Å². The molecule has 8 N–H and O–H groups in total. The fraction of sp³-hybridized carbons (Fsp3) is 0.872. The van der Waals surface area contributed by atoms with Crippen LogP contribution in [0.15, 0.2) is 24.0 Å². The van der Waals surface area contributed by atoms with Crippen molar-refractivity contribution in [2.75, 3.05) is 26.2 Å². The minimum atomic E-state index is -0.761. The second-order valence-corrected chi connectivity index (χ2v) is 15.6. The molecule has 0 aromatic heterocycles. The van der Waals surface area contributed by atoms with Crippen LogP contribution >= 0.6 is 0 Å². The molecule has 2 atom stereocenters. The van der Waals surface area contributed by atoms with E-state index in [0.717, 1.165) is 45.2 Å². The van der Waals surface area contributed by atoms with E-state index >= 15 is 0 Å². The molecule has 0 radical (unpaired) electrons. The summed E-state index contributed by atoms with van der Waals surface area (Å²) in [5.41, 5.74) is 18.2. The first kappa shape index (κ1) is 55.0. The molecule has 0 bridgehead atoms. The van der Waals surface area contributed by atoms with Crippen molar-refractivity contribution >= 4 is 11.8 Å². The van der Waals surface area contributed by atoms with Gasteiger partial charge in [-0.2, -0.15) is 0 Å². The average Bonchev–Trinajstić information content (AvgIpc) is 3.20. The summed E-state index contributed by atoms with van der Waals surface area (Å²) in [6.07, 6.45) is 44.0. The number of rotatable bonds is 40. The summed E-state index contributed by atoms with van der Waals surface area (Å²) in [4.78, 5) is 28.0. The standard InChI is InChI=1S/C45H90N6O2.C2H6/c1-4-7-9-11-13-15-17-19-21-22-24-26-28-30-32-34-39-51(38-33-31-29-27-25-23-20-18-16-14-12-10-8-5-2)45(53)42(47)40-50-44(52)41(46)36-35-37-49-43(48)6-3;1-2/h6,19,21,41-42,49H,4-5,7-18,20,22-40,46-48H2,1-3H3,(H,50,52);1-2H3/b21-19-,43-6?;/t41-,42-;/m0./s1. The summed E-state index contributed by atoms with van der Waals surface area (Å²) < 4.78 is 0. The van der Waals surface area contributed by atoms with Gasteiger partial charge in [-0.1, -0.05) is 181 Å². The predicted molar refractivity (Wildman–Crippen MR) is 242 cm³/mol. The van der Waals surface area contributed by atoms with Crippen LogP contribution in [-0.2, 0) is 9.59 Å². The third-order valence-electron chi connectivity index (χ3n) is 10.5. The number of amides is 2. The molecule has 0 aliphatic rings. The van der Waals surface area contributed by atoms with E-state index in [1.165, 1.54) is 154 Å². The van der Waals surface area contributed by atoms with Crippen LogP contribution in [0.5, 0.6) is 0 Å². The van der Waals surface area contributed by atoms with Crippen molar-refractivity contribution in [2.24, 2.45) is 17.2 Å². The van der Waals surface area contributed by atoms with Crippen molar-refractivity contribution in [3.8, 4) is 0 Å². The van der Waals surface area contributed by atoms with Crippen molar-refractivity contribution in [1.29, 1.82) is 0 Å². The van der Waals surface area contributed by atoms with Gasteiger partial charge in [0.25, 0.3) is 0 Å². The van der Waals surface area contributed by atoms with Gasteiger partial charge in [0.1, 0.15) is 6.04 Å². The summed E-state index contributed by atoms with van der Waals surface area (Å²) in [6.45, 7) is 12.7. The van der Waals surface area contributed by atoms with Crippen molar-refractivity contribution < 1.29 is 9.59 Å². The number of unbranched alkanes of at least 4 members (excludes halogenated alkanes) is 25. The molecular weight excluding hydrogens is 681 g/mol. The lowest BCUT2D eigenvalue weighted by molar-refractivity contribution is -0.133. The van der Waals surface area contributed by atoms with Gasteiger partial charge in [-0.05, 0) is 64.4 Å². The number of hydrogen-bond acceptors (Lipinski definition) is 6. The normalized spacial score (nSPS) is 12.7. The van der Waals surface area contributed by atoms with E-state index in [1.54, 1.807) is 6.08 Å². The summed E-state index contributed by atoms with van der Waals surface area (Å²) in [7, 11) is 0. The minimum absolute atomic E-state index is 0.0626. The highest BCUT2D eigenvalue weighted by Crippen LogP contribution is 2.14. The monoisotopic (exact) mass is 777 g/mol. The van der Waals surface area contributed by atoms with Crippen LogP contribution in [0.25, 0.3) is 0 Å². The predicted octanol–water partition coefficient (Wildman–Crippen LogP) is 11.3. The van der Waals surface area contributed by atoms with Crippen LogP contribution < -0.4 is 27.8 Å². The molecule has 0 aromatic carbocycles. The lowest BCUT2D eigenvalue weighted by Crippen LogP contribution is -2.52. The van der Waals surface area contributed by atoms with Crippen LogP contribution in [-0.4, -0.2) is 55.0 Å². The van der Waals surface area contributed by atoms with Crippen LogP contribution in [0.2, 0.25) is 0 Å². The molecule has 0 heterocycles. The molecule has 0 aliphatic carbocycles. The maximum absolute atomic E-state index is 13.5. The van der Waals surface area contributed by atoms with E-state index in [2.05, 4.69) is 36.6 Å². The number of hydrogen-bond donors (Lipinski definition) is 5. The zero-order valence-electron chi connectivity index (χ0n) is 37.4. The van der Waals surface area contributed by atoms with Gasteiger partial charge in [0.15, 0.2) is 0 Å². The van der Waals surface area contributed by atoms with E-state index < -0.39 is 12.1 Å². The van der Waals surface area contributed by atoms with Gasteiger partial charge < -0.3 is 32.7 Å². The van der Waals surface area contributed by atoms with Crippen molar-refractivity contribution in [1.82, 2.24) is 15.5 Å². The number of nitrogens with one attached hydrogen (secondary N) is 2. The van der Waals surface area contributed by atoms with E-state index in [9.17, 15) is 9.59 Å². The van der Waals surface area contributed by atoms with Gasteiger partial charge in [-0.15, -0.1) is 0 Å². The number of carbonyl (C=O) groups is 2. The third-order valence-corrected chi connectivity index (χ3v) is 10.5. The van der Waals surface area contributed by atoms with Gasteiger partial charge >= 0.3 is 0 Å². The van der Waals surface area contributed by atoms with Crippen LogP contribution in [0.4, 0.5) is 0 Å². The Morgan fingerprint density at radius 1 is 0.545 bits per heavy atom. The lowest BCUT2D eigenvalue weighted by Gasteiger charge is -2.26. The van der Waals surface area contributed by atoms with E-state index in [0.29, 0.717) is 18.8 Å². The van der Waals surface area contributed by atoms with E-state index in [4.69, 9.17) is 17.2 Å². The Balaban J connectivity index is 0. The molecule has 0 saturated heterocycles. The van der Waals surface area contributed by atoms with Crippen LogP contribution in [0, 0.1) is 0 Å². The molecule has 2 amide bonds. The van der Waals surface area contributed by atoms with E-state index in [1.807, 2.05) is 25.7 Å². The first-order chi connectivity index (χ1) is 26.9. The molecular formula is C47H96N6O2. The highest BCUT2D eigenvalue weighted by molar-refractivity contribution is 5.84. The van der Waals surface area contributed by atoms with Crippen molar-refractivity contribution in [2.45, 2.75) is 239 Å². The Bertz CT molecular complexity index is 879. The second kappa shape index (κ2) is 44.7. The number of allylic oxidation sites excluding steroid dienone is 3. The molecule has 326 valence electrons. The van der Waals surface area contributed by atoms with Gasteiger partial charge in [-0.25, -0.2) is 0 Å². The maximum Gasteiger partial charge on any atom is 0.241 e. The molecule has 0 saturated carbocycles. The Labute approximate surface area is 342 Å². The summed E-state index contributed by atoms with van der Waals surface area (Å²) in [5.74, 6) is 0.287. The Kier molecular flexibility index (Phi) is 44.7. The largest absolute Gasteiger partial charge is 0.386 e. The molecule has 8 nitrogen and oxygen atoms in total. The second-order valence-electron chi connectivity index (χ2n) is 15.6. The van der Waals surface area contributed by atoms with E-state index in [-0.39, 0.29) is 18.4 Å². The molecule has 0 aromatic rings. The lowest BCUT2D eigenvalue weighted by atomic mass is 10.0. The topological polar surface area (TPSA) is 140 Å². The average molecular weight is 777 g/mol. The molecule has 0 unspecified atom stereocenters. The SMILES string of the molecule is CC.CC=C(N)NCCC[C@H](N)C(=O)NC[C@H](N)C(=O)N(CCCCCCCC/C=C\CCCCCCCC)CCCCCCCCCCCCCCCC. The quantitative estimate of drug-likeness (QED) is 0.0310. The zero-order chi connectivity index (χ0) is 41.0. The molecule has 8 heteroatoms. The zero-order valence-corrected chi connectivity index (χ0v) is 37.4. The summed E-state index contributed by atoms with van der Waals surface area (Å²) in [5, 5.41) is 5.90. The fourth-order valence-electron chi connectivity index (χ4n) is 6.83. The minimum Gasteiger partial charge on any atom is -0.386 e. The Hall–Kier alpha value is -2.06. The van der Waals surface area contributed by atoms with Gasteiger partial charge in [-0.3, -0.25) is 9.59 Å². The fourth-order valence-corrected chi connectivity index (χ4v) is 6.83. The van der Waals surface area contributed by atoms with Crippen LogP contribution in [0.1, 0.15) is 227 Å². The molecule has 0 rings (SSSR count). The highest BCUT2D eigenvalue weighted by Gasteiger charge is 2.22. The van der Waals surface area contributed by atoms with Gasteiger partial charge in [0.05, 0.1) is 11.9 Å². The number of nitrogens with two attached hydrogens (primary N) is 3. The van der Waals surface area contributed by atoms with Gasteiger partial charge in [0.2, 0.25) is 11.8 Å². The number of nitrogens with zero attached hydrogens (tertiary/aromatic N) is 1. The first-order valence-corrected chi connectivity index (χ1v) is 23.8. The Morgan fingerprint density at radius 2 is 0.927 bits per heavy atom. The summed E-state index contributed by atoms with van der Waals surface area (Å²) >= 11 is 0. The molecule has 0 spiro atoms. The molecule has 55 heavy (non-hydrogen) atoms. The number of carbonyl (C=O) groups excluding carboxylic acids is 2. The van der Waals surface area contributed by atoms with Crippen molar-refractivity contribution in [3.05, 3.63) is 24.0 Å². The van der Waals surface area contributed by atoms with Gasteiger partial charge in [0, 0.05) is 26.2 Å². The molecule has 0 fully saturated rings. The smallest absolute Gasteiger partial charge is 0.241 e. The first-order valence-electron chi connectivity index (χ1n) is 23.8. The third kappa shape index (κ3) is 38.6.